The van der Waals surface area contributed by atoms with Gasteiger partial charge < -0.3 is 10.6 Å². The van der Waals surface area contributed by atoms with E-state index in [-0.39, 0.29) is 11.5 Å². The molecule has 1 spiro atoms. The van der Waals surface area contributed by atoms with E-state index >= 15 is 0 Å². The molecule has 4 nitrogen and oxygen atoms in total. The number of thiazole rings is 1. The summed E-state index contributed by atoms with van der Waals surface area (Å²) in [5.74, 6) is 0. The molecule has 2 heterocycles. The van der Waals surface area contributed by atoms with Crippen molar-refractivity contribution in [3.63, 3.8) is 0 Å². The molecule has 4 rings (SSSR count). The lowest BCUT2D eigenvalue weighted by atomic mass is 9.73. The summed E-state index contributed by atoms with van der Waals surface area (Å²) in [4.78, 5) is 6.88. The number of halogens is 1. The van der Waals surface area contributed by atoms with Gasteiger partial charge in [0.2, 0.25) is 0 Å². The molecule has 0 amide bonds. The normalized spacial score (nSPS) is 22.1. The van der Waals surface area contributed by atoms with Gasteiger partial charge in [-0.15, -0.1) is 11.3 Å². The second-order valence-corrected chi connectivity index (χ2v) is 8.13. The summed E-state index contributed by atoms with van der Waals surface area (Å²) in [6.07, 6.45) is 3.18. The van der Waals surface area contributed by atoms with E-state index < -0.39 is 0 Å². The fourth-order valence-corrected chi connectivity index (χ4v) is 5.26. The molecule has 0 bridgehead atoms. The molecule has 2 N–H and O–H groups in total. The maximum absolute atomic E-state index is 9.11. The SMILES string of the molecule is N#Cc1ccc2c(c1)[C@@H](N)C1(CCN(c3nc(Br)cs3)CC1)C2. The molecular weight excluding hydrogens is 372 g/mol. The summed E-state index contributed by atoms with van der Waals surface area (Å²) in [7, 11) is 0. The zero-order chi connectivity index (χ0) is 16.0. The summed E-state index contributed by atoms with van der Waals surface area (Å²) in [6, 6.07) is 8.25. The first-order chi connectivity index (χ1) is 11.1. The molecule has 2 aromatic rings. The standard InChI is InChI=1S/C17H17BrN4S/c18-14-10-23-16(21-14)22-5-3-17(4-6-22)8-12-2-1-11(9-19)7-13(12)15(17)20/h1-2,7,10,15H,3-6,8,20H2/t15-/m1/s1. The number of benzene rings is 1. The number of nitrogens with two attached hydrogens (primary N) is 1. The van der Waals surface area contributed by atoms with Gasteiger partial charge in [0.1, 0.15) is 4.60 Å². The maximum Gasteiger partial charge on any atom is 0.186 e. The average molecular weight is 389 g/mol. The molecule has 6 heteroatoms. The third-order valence-electron chi connectivity index (χ3n) is 5.31. The Morgan fingerprint density at radius 3 is 2.83 bits per heavy atom. The van der Waals surface area contributed by atoms with E-state index in [1.54, 1.807) is 11.3 Å². The van der Waals surface area contributed by atoms with Crippen LogP contribution in [0.5, 0.6) is 0 Å². The Balaban J connectivity index is 1.55. The lowest BCUT2D eigenvalue weighted by molar-refractivity contribution is 0.187. The van der Waals surface area contributed by atoms with Gasteiger partial charge in [-0.25, -0.2) is 4.98 Å². The minimum atomic E-state index is 0.0379. The Hall–Kier alpha value is -1.42. The van der Waals surface area contributed by atoms with Crippen LogP contribution in [-0.4, -0.2) is 18.1 Å². The summed E-state index contributed by atoms with van der Waals surface area (Å²) in [5, 5.41) is 12.2. The van der Waals surface area contributed by atoms with E-state index in [2.05, 4.69) is 37.9 Å². The van der Waals surface area contributed by atoms with Crippen LogP contribution < -0.4 is 10.6 Å². The van der Waals surface area contributed by atoms with Crippen molar-refractivity contribution in [2.75, 3.05) is 18.0 Å². The molecule has 0 radical (unpaired) electrons. The molecule has 1 aromatic carbocycles. The quantitative estimate of drug-likeness (QED) is 0.809. The summed E-state index contributed by atoms with van der Waals surface area (Å²) in [5.41, 5.74) is 9.97. The van der Waals surface area contributed by atoms with Gasteiger partial charge in [0.15, 0.2) is 5.13 Å². The van der Waals surface area contributed by atoms with Crippen LogP contribution in [-0.2, 0) is 6.42 Å². The molecular formula is C17H17BrN4S. The minimum Gasteiger partial charge on any atom is -0.348 e. The van der Waals surface area contributed by atoms with Crippen LogP contribution in [0.2, 0.25) is 0 Å². The Morgan fingerprint density at radius 2 is 2.17 bits per heavy atom. The molecule has 0 unspecified atom stereocenters. The van der Waals surface area contributed by atoms with Crippen molar-refractivity contribution in [1.29, 1.82) is 5.26 Å². The highest BCUT2D eigenvalue weighted by Crippen LogP contribution is 2.51. The van der Waals surface area contributed by atoms with Crippen molar-refractivity contribution in [1.82, 2.24) is 4.98 Å². The highest BCUT2D eigenvalue weighted by molar-refractivity contribution is 9.10. The van der Waals surface area contributed by atoms with Gasteiger partial charge >= 0.3 is 0 Å². The van der Waals surface area contributed by atoms with Gasteiger partial charge in [-0.1, -0.05) is 6.07 Å². The zero-order valence-corrected chi connectivity index (χ0v) is 15.0. The minimum absolute atomic E-state index is 0.0379. The molecule has 1 aliphatic carbocycles. The smallest absolute Gasteiger partial charge is 0.186 e. The second kappa shape index (κ2) is 5.59. The molecule has 2 aliphatic rings. The highest BCUT2D eigenvalue weighted by atomic mass is 79.9. The summed E-state index contributed by atoms with van der Waals surface area (Å²) in [6.45, 7) is 1.99. The zero-order valence-electron chi connectivity index (χ0n) is 12.6. The molecule has 1 aromatic heterocycles. The fraction of sp³-hybridized carbons (Fsp3) is 0.412. The first-order valence-corrected chi connectivity index (χ1v) is 9.43. The number of piperidine rings is 1. The summed E-state index contributed by atoms with van der Waals surface area (Å²) < 4.78 is 0.909. The van der Waals surface area contributed by atoms with Crippen LogP contribution in [0.25, 0.3) is 0 Å². The molecule has 118 valence electrons. The summed E-state index contributed by atoms with van der Waals surface area (Å²) >= 11 is 5.11. The lowest BCUT2D eigenvalue weighted by Crippen LogP contribution is -2.44. The van der Waals surface area contributed by atoms with Crippen molar-refractivity contribution in [2.24, 2.45) is 11.1 Å². The predicted molar refractivity (Wildman–Crippen MR) is 95.5 cm³/mol. The fourth-order valence-electron chi connectivity index (χ4n) is 3.96. The highest BCUT2D eigenvalue weighted by Gasteiger charge is 2.46. The second-order valence-electron chi connectivity index (χ2n) is 6.48. The monoisotopic (exact) mass is 388 g/mol. The van der Waals surface area contributed by atoms with E-state index in [0.717, 1.165) is 42.1 Å². The van der Waals surface area contributed by atoms with Crippen molar-refractivity contribution in [3.05, 3.63) is 44.9 Å². The lowest BCUT2D eigenvalue weighted by Gasteiger charge is -2.42. The van der Waals surface area contributed by atoms with E-state index in [1.165, 1.54) is 11.1 Å². The average Bonchev–Trinajstić information content (AvgIpc) is 3.11. The first-order valence-electron chi connectivity index (χ1n) is 7.76. The number of nitrogens with zero attached hydrogens (tertiary/aromatic N) is 3. The van der Waals surface area contributed by atoms with Crippen molar-refractivity contribution in [3.8, 4) is 6.07 Å². The number of hydrogen-bond acceptors (Lipinski definition) is 5. The van der Waals surface area contributed by atoms with Crippen molar-refractivity contribution in [2.45, 2.75) is 25.3 Å². The molecule has 1 fully saturated rings. The van der Waals surface area contributed by atoms with E-state index in [4.69, 9.17) is 11.0 Å². The van der Waals surface area contributed by atoms with Gasteiger partial charge in [-0.3, -0.25) is 0 Å². The van der Waals surface area contributed by atoms with Gasteiger partial charge in [0, 0.05) is 24.5 Å². The number of aromatic nitrogens is 1. The number of anilines is 1. The Morgan fingerprint density at radius 1 is 1.39 bits per heavy atom. The van der Waals surface area contributed by atoms with E-state index in [0.29, 0.717) is 5.56 Å². The molecule has 1 atom stereocenters. The van der Waals surface area contributed by atoms with Crippen molar-refractivity contribution >= 4 is 32.4 Å². The van der Waals surface area contributed by atoms with Crippen LogP contribution in [0.15, 0.2) is 28.2 Å². The number of hydrogen-bond donors (Lipinski definition) is 1. The number of fused-ring (bicyclic) bond motifs is 1. The van der Waals surface area contributed by atoms with Crippen molar-refractivity contribution < 1.29 is 0 Å². The van der Waals surface area contributed by atoms with Gasteiger partial charge in [0.25, 0.3) is 0 Å². The van der Waals surface area contributed by atoms with Crippen LogP contribution in [0, 0.1) is 16.7 Å². The van der Waals surface area contributed by atoms with E-state index in [9.17, 15) is 0 Å². The first kappa shape index (κ1) is 15.1. The Kier molecular flexibility index (Phi) is 3.67. The van der Waals surface area contributed by atoms with Crippen LogP contribution in [0.4, 0.5) is 5.13 Å². The Labute approximate surface area is 148 Å². The number of rotatable bonds is 1. The molecule has 0 saturated carbocycles. The predicted octanol–water partition coefficient (Wildman–Crippen LogP) is 3.62. The van der Waals surface area contributed by atoms with Crippen LogP contribution in [0.3, 0.4) is 0 Å². The third kappa shape index (κ3) is 2.47. The Bertz CT molecular complexity index is 786. The molecule has 1 aliphatic heterocycles. The van der Waals surface area contributed by atoms with Gasteiger partial charge in [-0.2, -0.15) is 5.26 Å². The van der Waals surface area contributed by atoms with E-state index in [1.807, 2.05) is 17.5 Å². The van der Waals surface area contributed by atoms with Gasteiger partial charge in [0.05, 0.1) is 11.6 Å². The van der Waals surface area contributed by atoms with Gasteiger partial charge in [-0.05, 0) is 63.9 Å². The third-order valence-corrected chi connectivity index (χ3v) is 6.92. The number of nitriles is 1. The van der Waals surface area contributed by atoms with Crippen LogP contribution >= 0.6 is 27.3 Å². The topological polar surface area (TPSA) is 65.9 Å². The maximum atomic E-state index is 9.11. The van der Waals surface area contributed by atoms with Crippen LogP contribution in [0.1, 0.15) is 35.6 Å². The molecule has 23 heavy (non-hydrogen) atoms. The largest absolute Gasteiger partial charge is 0.348 e. The molecule has 1 saturated heterocycles.